The van der Waals surface area contributed by atoms with Crippen LogP contribution in [0.25, 0.3) is 0 Å². The first kappa shape index (κ1) is 10.4. The normalized spacial score (nSPS) is 10.5. The van der Waals surface area contributed by atoms with Crippen molar-refractivity contribution in [3.05, 3.63) is 53.9 Å². The lowest BCUT2D eigenvalue weighted by Crippen LogP contribution is -1.90. The van der Waals surface area contributed by atoms with Gasteiger partial charge in [-0.1, -0.05) is 24.6 Å². The summed E-state index contributed by atoms with van der Waals surface area (Å²) in [6.07, 6.45) is 3.19. The Morgan fingerprint density at radius 3 is 2.53 bits per heavy atom. The summed E-state index contributed by atoms with van der Waals surface area (Å²) in [7, 11) is 0. The minimum atomic E-state index is 1.08. The van der Waals surface area contributed by atoms with Gasteiger partial charge in [-0.2, -0.15) is 0 Å². The number of benzene rings is 1. The van der Waals surface area contributed by atoms with E-state index in [2.05, 4.69) is 60.4 Å². The maximum Gasteiger partial charge on any atom is 0.0293 e. The number of aryl methyl sites for hydroxylation is 2. The first-order valence-corrected chi connectivity index (χ1v) is 5.98. The maximum atomic E-state index is 2.23. The zero-order chi connectivity index (χ0) is 10.7. The SMILES string of the molecule is CCc1cccn1Sc1ccc(C)cc1. The van der Waals surface area contributed by atoms with Gasteiger partial charge in [0.25, 0.3) is 0 Å². The van der Waals surface area contributed by atoms with Crippen LogP contribution in [0.5, 0.6) is 0 Å². The third kappa shape index (κ3) is 2.45. The molecule has 78 valence electrons. The monoisotopic (exact) mass is 217 g/mol. The molecule has 1 nitrogen and oxygen atoms in total. The first-order valence-electron chi connectivity index (χ1n) is 5.21. The lowest BCUT2D eigenvalue weighted by atomic mass is 10.2. The van der Waals surface area contributed by atoms with Crippen LogP contribution in [0, 0.1) is 6.92 Å². The predicted octanol–water partition coefficient (Wildman–Crippen LogP) is 3.91. The number of aromatic nitrogens is 1. The van der Waals surface area contributed by atoms with E-state index in [1.165, 1.54) is 16.2 Å². The van der Waals surface area contributed by atoms with Gasteiger partial charge < -0.3 is 0 Å². The average Bonchev–Trinajstić information content (AvgIpc) is 2.69. The second-order valence-corrected chi connectivity index (χ2v) is 4.63. The van der Waals surface area contributed by atoms with Crippen molar-refractivity contribution < 1.29 is 0 Å². The molecule has 0 bridgehead atoms. The molecule has 0 saturated carbocycles. The number of nitrogens with zero attached hydrogens (tertiary/aromatic N) is 1. The summed E-state index contributed by atoms with van der Waals surface area (Å²) in [5.74, 6) is 0. The Labute approximate surface area is 95.3 Å². The van der Waals surface area contributed by atoms with Crippen molar-refractivity contribution in [2.75, 3.05) is 0 Å². The Balaban J connectivity index is 2.18. The molecular formula is C13H15NS. The molecule has 0 saturated heterocycles. The van der Waals surface area contributed by atoms with E-state index in [0.717, 1.165) is 6.42 Å². The van der Waals surface area contributed by atoms with Crippen LogP contribution in [0.1, 0.15) is 18.2 Å². The second-order valence-electron chi connectivity index (χ2n) is 3.58. The molecule has 0 atom stereocenters. The van der Waals surface area contributed by atoms with Crippen molar-refractivity contribution in [3.8, 4) is 0 Å². The van der Waals surface area contributed by atoms with Crippen LogP contribution in [0.15, 0.2) is 47.5 Å². The van der Waals surface area contributed by atoms with Crippen molar-refractivity contribution in [2.24, 2.45) is 0 Å². The quantitative estimate of drug-likeness (QED) is 0.754. The van der Waals surface area contributed by atoms with Crippen LogP contribution in [0.4, 0.5) is 0 Å². The zero-order valence-electron chi connectivity index (χ0n) is 9.10. The fraction of sp³-hybridized carbons (Fsp3) is 0.231. The van der Waals surface area contributed by atoms with Gasteiger partial charge >= 0.3 is 0 Å². The van der Waals surface area contributed by atoms with Crippen molar-refractivity contribution in [2.45, 2.75) is 25.2 Å². The largest absolute Gasteiger partial charge is 0.292 e. The summed E-state index contributed by atoms with van der Waals surface area (Å²) < 4.78 is 2.23. The Hall–Kier alpha value is -1.15. The molecule has 2 heteroatoms. The van der Waals surface area contributed by atoms with E-state index in [0.29, 0.717) is 0 Å². The Morgan fingerprint density at radius 2 is 1.87 bits per heavy atom. The molecule has 0 amide bonds. The van der Waals surface area contributed by atoms with Gasteiger partial charge in [-0.25, -0.2) is 0 Å². The molecule has 0 aliphatic rings. The summed E-state index contributed by atoms with van der Waals surface area (Å²) in [5.41, 5.74) is 2.67. The number of hydrogen-bond donors (Lipinski definition) is 0. The Bertz CT molecular complexity index is 428. The topological polar surface area (TPSA) is 4.93 Å². The maximum absolute atomic E-state index is 2.23. The Morgan fingerprint density at radius 1 is 1.13 bits per heavy atom. The molecule has 0 aliphatic heterocycles. The van der Waals surface area contributed by atoms with E-state index < -0.39 is 0 Å². The van der Waals surface area contributed by atoms with E-state index in [1.807, 2.05) is 0 Å². The highest BCUT2D eigenvalue weighted by Crippen LogP contribution is 2.22. The molecule has 0 unspecified atom stereocenters. The standard InChI is InChI=1S/C13H15NS/c1-3-12-5-4-10-14(12)15-13-8-6-11(2)7-9-13/h4-10H,3H2,1-2H3. The molecular weight excluding hydrogens is 202 g/mol. The van der Waals surface area contributed by atoms with Gasteiger partial charge in [-0.3, -0.25) is 3.97 Å². The van der Waals surface area contributed by atoms with Crippen molar-refractivity contribution >= 4 is 11.9 Å². The molecule has 1 aromatic carbocycles. The minimum Gasteiger partial charge on any atom is -0.292 e. The number of rotatable bonds is 3. The van der Waals surface area contributed by atoms with Crippen molar-refractivity contribution in [1.82, 2.24) is 3.97 Å². The molecule has 0 N–H and O–H groups in total. The fourth-order valence-electron chi connectivity index (χ4n) is 1.48. The van der Waals surface area contributed by atoms with E-state index in [-0.39, 0.29) is 0 Å². The van der Waals surface area contributed by atoms with Gasteiger partial charge in [-0.15, -0.1) is 0 Å². The van der Waals surface area contributed by atoms with E-state index in [4.69, 9.17) is 0 Å². The highest BCUT2D eigenvalue weighted by molar-refractivity contribution is 7.97. The van der Waals surface area contributed by atoms with Crippen molar-refractivity contribution in [3.63, 3.8) is 0 Å². The van der Waals surface area contributed by atoms with Gasteiger partial charge in [0, 0.05) is 16.8 Å². The van der Waals surface area contributed by atoms with Crippen LogP contribution in [0.3, 0.4) is 0 Å². The molecule has 0 aliphatic carbocycles. The summed E-state index contributed by atoms with van der Waals surface area (Å²) in [4.78, 5) is 1.28. The summed E-state index contributed by atoms with van der Waals surface area (Å²) >= 11 is 1.77. The van der Waals surface area contributed by atoms with Gasteiger partial charge in [0.1, 0.15) is 0 Å². The summed E-state index contributed by atoms with van der Waals surface area (Å²) in [6.45, 7) is 4.29. The van der Waals surface area contributed by atoms with Crippen LogP contribution in [0.2, 0.25) is 0 Å². The van der Waals surface area contributed by atoms with Crippen molar-refractivity contribution in [1.29, 1.82) is 0 Å². The average molecular weight is 217 g/mol. The molecule has 2 rings (SSSR count). The Kier molecular flexibility index (Phi) is 3.17. The molecule has 0 fully saturated rings. The van der Waals surface area contributed by atoms with Gasteiger partial charge in [0.15, 0.2) is 0 Å². The van der Waals surface area contributed by atoms with Crippen LogP contribution in [-0.2, 0) is 6.42 Å². The number of hydrogen-bond acceptors (Lipinski definition) is 1. The lowest BCUT2D eigenvalue weighted by Gasteiger charge is -2.06. The van der Waals surface area contributed by atoms with Gasteiger partial charge in [0.05, 0.1) is 0 Å². The summed E-state index contributed by atoms with van der Waals surface area (Å²) in [5, 5.41) is 0. The predicted molar refractivity (Wildman–Crippen MR) is 66.2 cm³/mol. The fourth-order valence-corrected chi connectivity index (χ4v) is 2.40. The molecule has 0 radical (unpaired) electrons. The van der Waals surface area contributed by atoms with Crippen LogP contribution < -0.4 is 0 Å². The molecule has 2 aromatic rings. The molecule has 1 heterocycles. The van der Waals surface area contributed by atoms with Gasteiger partial charge in [0.2, 0.25) is 0 Å². The highest BCUT2D eigenvalue weighted by atomic mass is 32.2. The third-order valence-corrected chi connectivity index (χ3v) is 3.42. The molecule has 15 heavy (non-hydrogen) atoms. The molecule has 0 spiro atoms. The lowest BCUT2D eigenvalue weighted by molar-refractivity contribution is 1.02. The second kappa shape index (κ2) is 4.58. The third-order valence-electron chi connectivity index (χ3n) is 2.38. The van der Waals surface area contributed by atoms with Gasteiger partial charge in [-0.05, 0) is 49.6 Å². The van der Waals surface area contributed by atoms with E-state index in [1.54, 1.807) is 11.9 Å². The first-order chi connectivity index (χ1) is 7.29. The molecule has 1 aromatic heterocycles. The smallest absolute Gasteiger partial charge is 0.0293 e. The van der Waals surface area contributed by atoms with Crippen LogP contribution >= 0.6 is 11.9 Å². The zero-order valence-corrected chi connectivity index (χ0v) is 9.92. The van der Waals surface area contributed by atoms with E-state index in [9.17, 15) is 0 Å². The minimum absolute atomic E-state index is 1.08. The van der Waals surface area contributed by atoms with E-state index >= 15 is 0 Å². The highest BCUT2D eigenvalue weighted by Gasteiger charge is 2.00. The van der Waals surface area contributed by atoms with Crippen LogP contribution in [-0.4, -0.2) is 3.97 Å². The summed E-state index contributed by atoms with van der Waals surface area (Å²) in [6, 6.07) is 12.9.